The van der Waals surface area contributed by atoms with Gasteiger partial charge in [0.05, 0.1) is 5.69 Å². The van der Waals surface area contributed by atoms with Gasteiger partial charge in [-0.3, -0.25) is 9.48 Å². The van der Waals surface area contributed by atoms with E-state index in [0.29, 0.717) is 18.1 Å². The maximum atomic E-state index is 11.9. The van der Waals surface area contributed by atoms with Crippen LogP contribution in [0.3, 0.4) is 0 Å². The van der Waals surface area contributed by atoms with Crippen molar-refractivity contribution in [2.24, 2.45) is 0 Å². The lowest BCUT2D eigenvalue weighted by Crippen LogP contribution is -2.24. The van der Waals surface area contributed by atoms with Gasteiger partial charge < -0.3 is 11.1 Å². The Bertz CT molecular complexity index is 691. The molecule has 0 unspecified atom stereocenters. The Hall–Kier alpha value is -2.37. The molecule has 6 heteroatoms. The average molecular weight is 285 g/mol. The summed E-state index contributed by atoms with van der Waals surface area (Å²) in [7, 11) is 0. The van der Waals surface area contributed by atoms with Crippen LogP contribution in [0.25, 0.3) is 0 Å². The molecule has 3 N–H and O–H groups in total. The standard InChI is InChI=1S/C15H19N5O/c1-3-6-20-8-12(9(2)19-20)11-7-14(21)18-15-10(11)4-5-13(16)17-15/h4-5,8,11H,3,6-7H2,1-2H3,(H3,16,17,18,21)/t11-/m1/s1. The van der Waals surface area contributed by atoms with Gasteiger partial charge >= 0.3 is 0 Å². The van der Waals surface area contributed by atoms with E-state index < -0.39 is 0 Å². The van der Waals surface area contributed by atoms with E-state index in [-0.39, 0.29) is 11.8 Å². The molecule has 1 aliphatic rings. The van der Waals surface area contributed by atoms with Crippen molar-refractivity contribution in [3.05, 3.63) is 35.2 Å². The molecule has 2 aromatic heterocycles. The zero-order valence-electron chi connectivity index (χ0n) is 12.3. The van der Waals surface area contributed by atoms with E-state index in [9.17, 15) is 4.79 Å². The Labute approximate surface area is 123 Å². The van der Waals surface area contributed by atoms with Gasteiger partial charge in [-0.05, 0) is 19.4 Å². The molecule has 0 bridgehead atoms. The number of carbonyl (C=O) groups excluding carboxylic acids is 1. The maximum absolute atomic E-state index is 11.9. The van der Waals surface area contributed by atoms with Crippen LogP contribution in [-0.2, 0) is 11.3 Å². The van der Waals surface area contributed by atoms with Gasteiger partial charge in [0.2, 0.25) is 5.91 Å². The Morgan fingerprint density at radius 1 is 1.43 bits per heavy atom. The second-order valence-electron chi connectivity index (χ2n) is 5.41. The largest absolute Gasteiger partial charge is 0.384 e. The Balaban J connectivity index is 2.05. The SMILES string of the molecule is CCCn1cc([C@@H]2CC(=O)Nc3nc(N)ccc32)c(C)n1. The smallest absolute Gasteiger partial charge is 0.226 e. The van der Waals surface area contributed by atoms with Crippen LogP contribution < -0.4 is 11.1 Å². The summed E-state index contributed by atoms with van der Waals surface area (Å²) in [6, 6.07) is 3.72. The van der Waals surface area contributed by atoms with E-state index >= 15 is 0 Å². The topological polar surface area (TPSA) is 85.8 Å². The third-order valence-corrected chi connectivity index (χ3v) is 3.78. The Kier molecular flexibility index (Phi) is 3.37. The van der Waals surface area contributed by atoms with E-state index in [1.807, 2.05) is 23.9 Å². The first-order chi connectivity index (χ1) is 10.1. The van der Waals surface area contributed by atoms with Gasteiger partial charge in [0.15, 0.2) is 0 Å². The average Bonchev–Trinajstić information content (AvgIpc) is 2.78. The fourth-order valence-corrected chi connectivity index (χ4v) is 2.84. The third kappa shape index (κ3) is 2.49. The molecule has 0 saturated heterocycles. The van der Waals surface area contributed by atoms with Crippen molar-refractivity contribution in [1.82, 2.24) is 14.8 Å². The third-order valence-electron chi connectivity index (χ3n) is 3.78. The maximum Gasteiger partial charge on any atom is 0.226 e. The molecule has 0 radical (unpaired) electrons. The second kappa shape index (κ2) is 5.20. The van der Waals surface area contributed by atoms with Crippen LogP contribution in [0.5, 0.6) is 0 Å². The molecular weight excluding hydrogens is 266 g/mol. The first-order valence-corrected chi connectivity index (χ1v) is 7.18. The van der Waals surface area contributed by atoms with Crippen molar-refractivity contribution in [3.8, 4) is 0 Å². The number of amides is 1. The van der Waals surface area contributed by atoms with Crippen molar-refractivity contribution >= 4 is 17.5 Å². The van der Waals surface area contributed by atoms with Crippen molar-refractivity contribution in [3.63, 3.8) is 0 Å². The van der Waals surface area contributed by atoms with Gasteiger partial charge in [0.25, 0.3) is 0 Å². The fraction of sp³-hybridized carbons (Fsp3) is 0.400. The molecule has 3 rings (SSSR count). The van der Waals surface area contributed by atoms with Gasteiger partial charge in [-0.1, -0.05) is 13.0 Å². The van der Waals surface area contributed by atoms with E-state index in [0.717, 1.165) is 29.8 Å². The number of pyridine rings is 1. The molecular formula is C15H19N5O. The molecule has 0 fully saturated rings. The number of hydrogen-bond donors (Lipinski definition) is 2. The fourth-order valence-electron chi connectivity index (χ4n) is 2.84. The summed E-state index contributed by atoms with van der Waals surface area (Å²) in [5.41, 5.74) is 8.76. The number of nitrogens with two attached hydrogens (primary N) is 1. The molecule has 0 aromatic carbocycles. The van der Waals surface area contributed by atoms with E-state index in [4.69, 9.17) is 5.73 Å². The van der Waals surface area contributed by atoms with Crippen LogP contribution >= 0.6 is 0 Å². The van der Waals surface area contributed by atoms with Gasteiger partial charge in [-0.2, -0.15) is 5.10 Å². The van der Waals surface area contributed by atoms with Gasteiger partial charge in [0.1, 0.15) is 11.6 Å². The minimum Gasteiger partial charge on any atom is -0.384 e. The van der Waals surface area contributed by atoms with Crippen molar-refractivity contribution in [1.29, 1.82) is 0 Å². The van der Waals surface area contributed by atoms with Crippen LogP contribution in [0.15, 0.2) is 18.3 Å². The minimum absolute atomic E-state index is 0.00699. The zero-order valence-corrected chi connectivity index (χ0v) is 12.3. The number of nitrogens with zero attached hydrogens (tertiary/aromatic N) is 3. The van der Waals surface area contributed by atoms with E-state index in [1.165, 1.54) is 0 Å². The molecule has 0 saturated carbocycles. The molecule has 3 heterocycles. The van der Waals surface area contributed by atoms with Crippen molar-refractivity contribution < 1.29 is 4.79 Å². The number of rotatable bonds is 3. The number of hydrogen-bond acceptors (Lipinski definition) is 4. The summed E-state index contributed by atoms with van der Waals surface area (Å²) in [5.74, 6) is 0.938. The van der Waals surface area contributed by atoms with Crippen molar-refractivity contribution in [2.75, 3.05) is 11.1 Å². The molecule has 1 atom stereocenters. The summed E-state index contributed by atoms with van der Waals surface area (Å²) >= 11 is 0. The number of aryl methyl sites for hydroxylation is 2. The predicted molar refractivity (Wildman–Crippen MR) is 81.0 cm³/mol. The van der Waals surface area contributed by atoms with Gasteiger partial charge in [-0.15, -0.1) is 0 Å². The summed E-state index contributed by atoms with van der Waals surface area (Å²) in [4.78, 5) is 16.2. The monoisotopic (exact) mass is 285 g/mol. The number of fused-ring (bicyclic) bond motifs is 1. The lowest BCUT2D eigenvalue weighted by molar-refractivity contribution is -0.116. The molecule has 1 amide bonds. The van der Waals surface area contributed by atoms with Crippen LogP contribution in [0.4, 0.5) is 11.6 Å². The summed E-state index contributed by atoms with van der Waals surface area (Å²) in [6.07, 6.45) is 3.49. The lowest BCUT2D eigenvalue weighted by Gasteiger charge is -2.24. The number of anilines is 2. The first kappa shape index (κ1) is 13.6. The lowest BCUT2D eigenvalue weighted by atomic mass is 9.86. The summed E-state index contributed by atoms with van der Waals surface area (Å²) in [6.45, 7) is 4.98. The normalized spacial score (nSPS) is 17.4. The predicted octanol–water partition coefficient (Wildman–Crippen LogP) is 2.05. The van der Waals surface area contributed by atoms with Crippen LogP contribution in [0, 0.1) is 6.92 Å². The van der Waals surface area contributed by atoms with Gasteiger partial charge in [0, 0.05) is 36.2 Å². The molecule has 0 spiro atoms. The highest BCUT2D eigenvalue weighted by molar-refractivity contribution is 5.94. The Morgan fingerprint density at radius 2 is 2.24 bits per heavy atom. The summed E-state index contributed by atoms with van der Waals surface area (Å²) < 4.78 is 1.95. The number of carbonyl (C=O) groups is 1. The zero-order chi connectivity index (χ0) is 15.0. The number of aromatic nitrogens is 3. The molecule has 21 heavy (non-hydrogen) atoms. The number of nitrogens with one attached hydrogen (secondary N) is 1. The highest BCUT2D eigenvalue weighted by Gasteiger charge is 2.29. The molecule has 0 aliphatic carbocycles. The van der Waals surface area contributed by atoms with Crippen LogP contribution in [-0.4, -0.2) is 20.7 Å². The summed E-state index contributed by atoms with van der Waals surface area (Å²) in [5, 5.41) is 7.33. The molecule has 6 nitrogen and oxygen atoms in total. The van der Waals surface area contributed by atoms with Crippen LogP contribution in [0.2, 0.25) is 0 Å². The highest BCUT2D eigenvalue weighted by Crippen LogP contribution is 2.37. The molecule has 110 valence electrons. The van der Waals surface area contributed by atoms with E-state index in [2.05, 4.69) is 22.3 Å². The Morgan fingerprint density at radius 3 is 3.00 bits per heavy atom. The second-order valence-corrected chi connectivity index (χ2v) is 5.41. The molecule has 2 aromatic rings. The minimum atomic E-state index is -0.0340. The van der Waals surface area contributed by atoms with E-state index in [1.54, 1.807) is 6.07 Å². The number of nitrogen functional groups attached to an aromatic ring is 1. The highest BCUT2D eigenvalue weighted by atomic mass is 16.1. The molecule has 1 aliphatic heterocycles. The van der Waals surface area contributed by atoms with Crippen LogP contribution in [0.1, 0.15) is 42.5 Å². The van der Waals surface area contributed by atoms with Crippen molar-refractivity contribution in [2.45, 2.75) is 39.2 Å². The first-order valence-electron chi connectivity index (χ1n) is 7.18. The quantitative estimate of drug-likeness (QED) is 0.903. The van der Waals surface area contributed by atoms with Gasteiger partial charge in [-0.25, -0.2) is 4.98 Å².